The molecule has 2 aromatic rings. The highest BCUT2D eigenvalue weighted by atomic mass is 15.0. The van der Waals surface area contributed by atoms with Crippen LogP contribution in [0.4, 0.5) is 0 Å². The second kappa shape index (κ2) is 5.05. The van der Waals surface area contributed by atoms with Crippen molar-refractivity contribution in [1.82, 2.24) is 9.55 Å². The fourth-order valence-electron chi connectivity index (χ4n) is 2.01. The van der Waals surface area contributed by atoms with Gasteiger partial charge in [-0.3, -0.25) is 0 Å². The van der Waals surface area contributed by atoms with Crippen LogP contribution >= 0.6 is 0 Å². The highest BCUT2D eigenvalue weighted by molar-refractivity contribution is 5.35. The van der Waals surface area contributed by atoms with Crippen LogP contribution in [-0.2, 0) is 7.05 Å². The lowest BCUT2D eigenvalue weighted by Gasteiger charge is -2.11. The van der Waals surface area contributed by atoms with Crippen LogP contribution in [0.2, 0.25) is 0 Å². The molecule has 0 aliphatic carbocycles. The molecular weight excluding hydrogens is 222 g/mol. The molecule has 1 aromatic heterocycles. The summed E-state index contributed by atoms with van der Waals surface area (Å²) in [6.45, 7) is 4.32. The first kappa shape index (κ1) is 12.4. The van der Waals surface area contributed by atoms with E-state index in [2.05, 4.69) is 37.0 Å². The van der Waals surface area contributed by atoms with Crippen molar-refractivity contribution >= 4 is 0 Å². The Bertz CT molecular complexity index is 558. The molecule has 0 amide bonds. The summed E-state index contributed by atoms with van der Waals surface area (Å²) in [6, 6.07) is 10.6. The SMILES string of the molecule is CC(C)c1ccc(C(C#N)c2nccn2C)cc1. The zero-order chi connectivity index (χ0) is 13.1. The lowest BCUT2D eigenvalue weighted by Crippen LogP contribution is -2.06. The van der Waals surface area contributed by atoms with Gasteiger partial charge in [-0.05, 0) is 17.0 Å². The summed E-state index contributed by atoms with van der Waals surface area (Å²) in [6.07, 6.45) is 3.59. The van der Waals surface area contributed by atoms with Crippen molar-refractivity contribution in [2.75, 3.05) is 0 Å². The lowest BCUT2D eigenvalue weighted by atomic mass is 9.95. The van der Waals surface area contributed by atoms with Crippen molar-refractivity contribution in [2.24, 2.45) is 7.05 Å². The summed E-state index contributed by atoms with van der Waals surface area (Å²) in [7, 11) is 1.91. The molecule has 18 heavy (non-hydrogen) atoms. The Hall–Kier alpha value is -2.08. The van der Waals surface area contributed by atoms with E-state index >= 15 is 0 Å². The van der Waals surface area contributed by atoms with E-state index in [9.17, 15) is 5.26 Å². The van der Waals surface area contributed by atoms with Gasteiger partial charge in [0.1, 0.15) is 11.7 Å². The van der Waals surface area contributed by atoms with Crippen molar-refractivity contribution in [3.05, 3.63) is 53.6 Å². The fourth-order valence-corrected chi connectivity index (χ4v) is 2.01. The minimum Gasteiger partial charge on any atom is -0.337 e. The quantitative estimate of drug-likeness (QED) is 0.825. The van der Waals surface area contributed by atoms with Crippen LogP contribution in [0.3, 0.4) is 0 Å². The third kappa shape index (κ3) is 2.28. The number of hydrogen-bond acceptors (Lipinski definition) is 2. The number of rotatable bonds is 3. The number of benzene rings is 1. The van der Waals surface area contributed by atoms with E-state index in [0.29, 0.717) is 5.92 Å². The minimum absolute atomic E-state index is 0.300. The number of hydrogen-bond donors (Lipinski definition) is 0. The second-order valence-corrected chi connectivity index (χ2v) is 4.78. The van der Waals surface area contributed by atoms with Crippen LogP contribution in [0.25, 0.3) is 0 Å². The highest BCUT2D eigenvalue weighted by Gasteiger charge is 2.17. The molecule has 0 aliphatic heterocycles. The maximum atomic E-state index is 9.35. The van der Waals surface area contributed by atoms with Gasteiger partial charge in [-0.2, -0.15) is 5.26 Å². The van der Waals surface area contributed by atoms with Crippen LogP contribution in [-0.4, -0.2) is 9.55 Å². The molecule has 2 rings (SSSR count). The molecule has 0 bridgehead atoms. The smallest absolute Gasteiger partial charge is 0.130 e. The molecule has 0 radical (unpaired) electrons. The first-order chi connectivity index (χ1) is 8.63. The first-order valence-electron chi connectivity index (χ1n) is 6.10. The number of aryl methyl sites for hydroxylation is 1. The standard InChI is InChI=1S/C15H17N3/c1-11(2)12-4-6-13(7-5-12)14(10-16)15-17-8-9-18(15)3/h4-9,11,14H,1-3H3. The van der Waals surface area contributed by atoms with E-state index in [-0.39, 0.29) is 5.92 Å². The van der Waals surface area contributed by atoms with E-state index in [1.165, 1.54) is 5.56 Å². The summed E-state index contributed by atoms with van der Waals surface area (Å²) in [5, 5.41) is 9.35. The van der Waals surface area contributed by atoms with Gasteiger partial charge in [0.05, 0.1) is 6.07 Å². The predicted molar refractivity (Wildman–Crippen MR) is 71.2 cm³/mol. The van der Waals surface area contributed by atoms with Gasteiger partial charge in [0.2, 0.25) is 0 Å². The van der Waals surface area contributed by atoms with Crippen LogP contribution in [0.15, 0.2) is 36.7 Å². The zero-order valence-corrected chi connectivity index (χ0v) is 11.0. The van der Waals surface area contributed by atoms with Gasteiger partial charge < -0.3 is 4.57 Å². The average Bonchev–Trinajstić information content (AvgIpc) is 2.78. The van der Waals surface area contributed by atoms with Crippen LogP contribution in [0, 0.1) is 11.3 Å². The third-order valence-electron chi connectivity index (χ3n) is 3.18. The van der Waals surface area contributed by atoms with Gasteiger partial charge in [0.25, 0.3) is 0 Å². The van der Waals surface area contributed by atoms with Crippen LogP contribution in [0.1, 0.15) is 42.6 Å². The number of nitriles is 1. The highest BCUT2D eigenvalue weighted by Crippen LogP contribution is 2.24. The zero-order valence-electron chi connectivity index (χ0n) is 11.0. The van der Waals surface area contributed by atoms with Gasteiger partial charge in [0, 0.05) is 19.4 Å². The van der Waals surface area contributed by atoms with E-state index in [0.717, 1.165) is 11.4 Å². The van der Waals surface area contributed by atoms with Gasteiger partial charge in [-0.1, -0.05) is 38.1 Å². The molecular formula is C15H17N3. The van der Waals surface area contributed by atoms with E-state index < -0.39 is 0 Å². The van der Waals surface area contributed by atoms with Gasteiger partial charge >= 0.3 is 0 Å². The largest absolute Gasteiger partial charge is 0.337 e. The Balaban J connectivity index is 2.35. The number of imidazole rings is 1. The first-order valence-corrected chi connectivity index (χ1v) is 6.10. The minimum atomic E-state index is -0.300. The summed E-state index contributed by atoms with van der Waals surface area (Å²) in [5.74, 6) is 0.994. The van der Waals surface area contributed by atoms with Gasteiger partial charge in [0.15, 0.2) is 0 Å². The maximum absolute atomic E-state index is 9.35. The topological polar surface area (TPSA) is 41.6 Å². The normalized spacial score (nSPS) is 12.4. The molecule has 0 saturated carbocycles. The molecule has 0 spiro atoms. The molecule has 1 unspecified atom stereocenters. The van der Waals surface area contributed by atoms with E-state index in [1.807, 2.05) is 29.9 Å². The molecule has 1 heterocycles. The molecule has 3 heteroatoms. The second-order valence-electron chi connectivity index (χ2n) is 4.78. The Labute approximate surface area is 108 Å². The summed E-state index contributed by atoms with van der Waals surface area (Å²) < 4.78 is 1.89. The Kier molecular flexibility index (Phi) is 3.47. The Morgan fingerprint density at radius 2 is 1.78 bits per heavy atom. The molecule has 1 atom stereocenters. The Morgan fingerprint density at radius 3 is 2.22 bits per heavy atom. The summed E-state index contributed by atoms with van der Waals surface area (Å²) >= 11 is 0. The molecule has 1 aromatic carbocycles. The monoisotopic (exact) mass is 239 g/mol. The summed E-state index contributed by atoms with van der Waals surface area (Å²) in [4.78, 5) is 4.26. The molecule has 0 aliphatic rings. The van der Waals surface area contributed by atoms with Crippen LogP contribution < -0.4 is 0 Å². The van der Waals surface area contributed by atoms with E-state index in [1.54, 1.807) is 6.20 Å². The number of aromatic nitrogens is 2. The van der Waals surface area contributed by atoms with E-state index in [4.69, 9.17) is 0 Å². The molecule has 0 N–H and O–H groups in total. The molecule has 0 saturated heterocycles. The molecule has 3 nitrogen and oxygen atoms in total. The van der Waals surface area contributed by atoms with Crippen molar-refractivity contribution in [3.8, 4) is 6.07 Å². The molecule has 92 valence electrons. The molecule has 0 fully saturated rings. The van der Waals surface area contributed by atoms with Gasteiger partial charge in [-0.25, -0.2) is 4.98 Å². The Morgan fingerprint density at radius 1 is 1.17 bits per heavy atom. The predicted octanol–water partition coefficient (Wildman–Crippen LogP) is 3.20. The number of nitrogens with zero attached hydrogens (tertiary/aromatic N) is 3. The van der Waals surface area contributed by atoms with Crippen molar-refractivity contribution < 1.29 is 0 Å². The van der Waals surface area contributed by atoms with Crippen molar-refractivity contribution in [1.29, 1.82) is 5.26 Å². The average molecular weight is 239 g/mol. The third-order valence-corrected chi connectivity index (χ3v) is 3.18. The van der Waals surface area contributed by atoms with Crippen LogP contribution in [0.5, 0.6) is 0 Å². The maximum Gasteiger partial charge on any atom is 0.130 e. The van der Waals surface area contributed by atoms with Gasteiger partial charge in [-0.15, -0.1) is 0 Å². The summed E-state index contributed by atoms with van der Waals surface area (Å²) in [5.41, 5.74) is 2.28. The van der Waals surface area contributed by atoms with Crippen molar-refractivity contribution in [2.45, 2.75) is 25.7 Å². The van der Waals surface area contributed by atoms with Crippen molar-refractivity contribution in [3.63, 3.8) is 0 Å². The lowest BCUT2D eigenvalue weighted by molar-refractivity contribution is 0.782. The fraction of sp³-hybridized carbons (Fsp3) is 0.333.